The van der Waals surface area contributed by atoms with Crippen molar-refractivity contribution in [1.82, 2.24) is 0 Å². The van der Waals surface area contributed by atoms with Gasteiger partial charge in [-0.25, -0.2) is 4.39 Å². The minimum absolute atomic E-state index is 0.0134. The van der Waals surface area contributed by atoms with Gasteiger partial charge in [-0.3, -0.25) is 0 Å². The lowest BCUT2D eigenvalue weighted by atomic mass is 9.81. The van der Waals surface area contributed by atoms with Crippen LogP contribution in [-0.4, -0.2) is 0 Å². The highest BCUT2D eigenvalue weighted by Gasteiger charge is 2.24. The van der Waals surface area contributed by atoms with Gasteiger partial charge in [0.2, 0.25) is 0 Å². The van der Waals surface area contributed by atoms with Gasteiger partial charge in [-0.15, -0.1) is 0 Å². The third-order valence-electron chi connectivity index (χ3n) is 2.98. The van der Waals surface area contributed by atoms with Crippen LogP contribution in [-0.2, 0) is 6.42 Å². The zero-order valence-electron chi connectivity index (χ0n) is 7.76. The molecule has 2 rings (SSSR count). The van der Waals surface area contributed by atoms with E-state index in [4.69, 9.17) is 5.73 Å². The SMILES string of the molecule is C[C@@H]1CCc2c(F)cccc2[C@H]1N. The van der Waals surface area contributed by atoms with E-state index < -0.39 is 0 Å². The number of fused-ring (bicyclic) bond motifs is 1. The van der Waals surface area contributed by atoms with Crippen molar-refractivity contribution in [3.63, 3.8) is 0 Å². The molecule has 0 aromatic heterocycles. The smallest absolute Gasteiger partial charge is 0.126 e. The van der Waals surface area contributed by atoms with Gasteiger partial charge in [-0.1, -0.05) is 19.1 Å². The summed E-state index contributed by atoms with van der Waals surface area (Å²) in [7, 11) is 0. The first-order chi connectivity index (χ1) is 6.20. The highest BCUT2D eigenvalue weighted by Crippen LogP contribution is 2.33. The Hall–Kier alpha value is -0.890. The maximum atomic E-state index is 13.3. The Labute approximate surface area is 77.8 Å². The summed E-state index contributed by atoms with van der Waals surface area (Å²) >= 11 is 0. The summed E-state index contributed by atoms with van der Waals surface area (Å²) in [4.78, 5) is 0. The van der Waals surface area contributed by atoms with E-state index in [0.29, 0.717) is 5.92 Å². The van der Waals surface area contributed by atoms with E-state index >= 15 is 0 Å². The largest absolute Gasteiger partial charge is 0.324 e. The summed E-state index contributed by atoms with van der Waals surface area (Å²) < 4.78 is 13.3. The molecule has 2 heteroatoms. The molecule has 1 nitrogen and oxygen atoms in total. The van der Waals surface area contributed by atoms with Crippen LogP contribution >= 0.6 is 0 Å². The first-order valence-corrected chi connectivity index (χ1v) is 4.73. The number of nitrogens with two attached hydrogens (primary N) is 1. The van der Waals surface area contributed by atoms with E-state index in [9.17, 15) is 4.39 Å². The average Bonchev–Trinajstić information content (AvgIpc) is 2.12. The predicted molar refractivity (Wildman–Crippen MR) is 50.8 cm³/mol. The molecule has 0 amide bonds. The molecule has 1 aliphatic rings. The molecule has 70 valence electrons. The second-order valence-electron chi connectivity index (χ2n) is 3.85. The van der Waals surface area contributed by atoms with Crippen molar-refractivity contribution in [1.29, 1.82) is 0 Å². The Morgan fingerprint density at radius 3 is 3.00 bits per heavy atom. The fourth-order valence-corrected chi connectivity index (χ4v) is 2.01. The van der Waals surface area contributed by atoms with Crippen molar-refractivity contribution in [2.75, 3.05) is 0 Å². The van der Waals surface area contributed by atoms with E-state index in [2.05, 4.69) is 6.92 Å². The lowest BCUT2D eigenvalue weighted by Crippen LogP contribution is -2.25. The lowest BCUT2D eigenvalue weighted by molar-refractivity contribution is 0.403. The van der Waals surface area contributed by atoms with E-state index in [1.807, 2.05) is 6.07 Å². The minimum Gasteiger partial charge on any atom is -0.324 e. The highest BCUT2D eigenvalue weighted by atomic mass is 19.1. The molecular formula is C11H14FN. The molecule has 0 unspecified atom stereocenters. The second kappa shape index (κ2) is 3.11. The molecular weight excluding hydrogens is 165 g/mol. The Balaban J connectivity index is 2.49. The van der Waals surface area contributed by atoms with Gasteiger partial charge >= 0.3 is 0 Å². The first-order valence-electron chi connectivity index (χ1n) is 4.73. The Morgan fingerprint density at radius 2 is 2.23 bits per heavy atom. The van der Waals surface area contributed by atoms with Crippen molar-refractivity contribution in [3.05, 3.63) is 35.1 Å². The molecule has 0 bridgehead atoms. The summed E-state index contributed by atoms with van der Waals surface area (Å²) in [5.41, 5.74) is 7.82. The van der Waals surface area contributed by atoms with Crippen LogP contribution in [0, 0.1) is 11.7 Å². The van der Waals surface area contributed by atoms with Gasteiger partial charge in [0.1, 0.15) is 5.82 Å². The molecule has 2 N–H and O–H groups in total. The van der Waals surface area contributed by atoms with Crippen LogP contribution in [0.5, 0.6) is 0 Å². The monoisotopic (exact) mass is 179 g/mol. The van der Waals surface area contributed by atoms with Crippen molar-refractivity contribution in [2.24, 2.45) is 11.7 Å². The third kappa shape index (κ3) is 1.35. The molecule has 0 aliphatic heterocycles. The number of hydrogen-bond donors (Lipinski definition) is 1. The zero-order chi connectivity index (χ0) is 9.42. The molecule has 0 radical (unpaired) electrons. The number of halogens is 1. The molecule has 2 atom stereocenters. The minimum atomic E-state index is -0.0974. The van der Waals surface area contributed by atoms with Gasteiger partial charge in [-0.2, -0.15) is 0 Å². The molecule has 13 heavy (non-hydrogen) atoms. The van der Waals surface area contributed by atoms with Crippen LogP contribution in [0.15, 0.2) is 18.2 Å². The molecule has 0 fully saturated rings. The van der Waals surface area contributed by atoms with Crippen LogP contribution in [0.4, 0.5) is 4.39 Å². The molecule has 1 aromatic rings. The van der Waals surface area contributed by atoms with Gasteiger partial charge < -0.3 is 5.73 Å². The number of rotatable bonds is 0. The van der Waals surface area contributed by atoms with Crippen LogP contribution in [0.3, 0.4) is 0 Å². The molecule has 0 saturated carbocycles. The van der Waals surface area contributed by atoms with E-state index in [1.165, 1.54) is 6.07 Å². The first kappa shape index (κ1) is 8.70. The van der Waals surface area contributed by atoms with Gasteiger partial charge in [0.25, 0.3) is 0 Å². The zero-order valence-corrected chi connectivity index (χ0v) is 7.76. The van der Waals surface area contributed by atoms with E-state index in [1.54, 1.807) is 6.07 Å². The predicted octanol–water partition coefficient (Wildman–Crippen LogP) is 2.41. The van der Waals surface area contributed by atoms with Crippen LogP contribution in [0.2, 0.25) is 0 Å². The molecule has 0 saturated heterocycles. The van der Waals surface area contributed by atoms with Crippen molar-refractivity contribution in [2.45, 2.75) is 25.8 Å². The van der Waals surface area contributed by atoms with Gasteiger partial charge in [0, 0.05) is 6.04 Å². The van der Waals surface area contributed by atoms with Crippen molar-refractivity contribution in [3.8, 4) is 0 Å². The summed E-state index contributed by atoms with van der Waals surface area (Å²) in [6.07, 6.45) is 1.83. The highest BCUT2D eigenvalue weighted by molar-refractivity contribution is 5.33. The van der Waals surface area contributed by atoms with E-state index in [0.717, 1.165) is 24.0 Å². The maximum absolute atomic E-state index is 13.3. The van der Waals surface area contributed by atoms with Crippen LogP contribution in [0.25, 0.3) is 0 Å². The number of hydrogen-bond acceptors (Lipinski definition) is 1. The average molecular weight is 179 g/mol. The van der Waals surface area contributed by atoms with Gasteiger partial charge in [0.05, 0.1) is 0 Å². The third-order valence-corrected chi connectivity index (χ3v) is 2.98. The molecule has 0 spiro atoms. The fourth-order valence-electron chi connectivity index (χ4n) is 2.01. The van der Waals surface area contributed by atoms with Gasteiger partial charge in [-0.05, 0) is 36.0 Å². The summed E-state index contributed by atoms with van der Waals surface area (Å²) in [6.45, 7) is 2.12. The van der Waals surface area contributed by atoms with E-state index in [-0.39, 0.29) is 11.9 Å². The Kier molecular flexibility index (Phi) is 2.08. The normalized spacial score (nSPS) is 27.0. The second-order valence-corrected chi connectivity index (χ2v) is 3.85. The van der Waals surface area contributed by atoms with Gasteiger partial charge in [0.15, 0.2) is 0 Å². The Bertz CT molecular complexity index is 322. The quantitative estimate of drug-likeness (QED) is 0.650. The van der Waals surface area contributed by atoms with Crippen LogP contribution < -0.4 is 5.73 Å². The maximum Gasteiger partial charge on any atom is 0.126 e. The molecule has 0 heterocycles. The standard InChI is InChI=1S/C11H14FN/c1-7-5-6-8-9(11(7)13)3-2-4-10(8)12/h2-4,7,11H,5-6,13H2,1H3/t7-,11+/m1/s1. The molecule has 1 aliphatic carbocycles. The summed E-state index contributed by atoms with van der Waals surface area (Å²) in [5.74, 6) is 0.370. The molecule has 1 aromatic carbocycles. The fraction of sp³-hybridized carbons (Fsp3) is 0.455. The van der Waals surface area contributed by atoms with Crippen molar-refractivity contribution < 1.29 is 4.39 Å². The van der Waals surface area contributed by atoms with Crippen LogP contribution in [0.1, 0.15) is 30.5 Å². The number of benzene rings is 1. The summed E-state index contributed by atoms with van der Waals surface area (Å²) in [6, 6.07) is 5.21. The summed E-state index contributed by atoms with van der Waals surface area (Å²) in [5, 5.41) is 0. The van der Waals surface area contributed by atoms with Crippen molar-refractivity contribution >= 4 is 0 Å². The Morgan fingerprint density at radius 1 is 1.46 bits per heavy atom. The lowest BCUT2D eigenvalue weighted by Gasteiger charge is -2.28. The topological polar surface area (TPSA) is 26.0 Å².